The van der Waals surface area contributed by atoms with Crippen LogP contribution in [0.5, 0.6) is 0 Å². The first kappa shape index (κ1) is 22.4. The van der Waals surface area contributed by atoms with E-state index in [0.29, 0.717) is 17.7 Å². The number of thioether (sulfide) groups is 1. The Balaban J connectivity index is 1.47. The summed E-state index contributed by atoms with van der Waals surface area (Å²) in [6.07, 6.45) is 17.4. The first-order chi connectivity index (χ1) is 14.3. The van der Waals surface area contributed by atoms with E-state index < -0.39 is 0 Å². The molecule has 0 heterocycles. The molecule has 4 aliphatic rings. The normalized spacial score (nSPS) is 46.3. The van der Waals surface area contributed by atoms with Gasteiger partial charge in [0.1, 0.15) is 0 Å². The molecule has 8 atom stereocenters. The number of carbonyl (C=O) groups excluding carboxylic acids is 1. The largest absolute Gasteiger partial charge is 0.404 e. The third kappa shape index (κ3) is 3.69. The van der Waals surface area contributed by atoms with Crippen molar-refractivity contribution in [2.24, 2.45) is 57.1 Å². The van der Waals surface area contributed by atoms with Crippen molar-refractivity contribution in [2.75, 3.05) is 12.8 Å². The summed E-state index contributed by atoms with van der Waals surface area (Å²) in [7, 11) is 0. The van der Waals surface area contributed by atoms with Gasteiger partial charge in [-0.3, -0.25) is 9.79 Å². The number of aliphatic imine (C=N–C) groups is 1. The monoisotopic (exact) mass is 430 g/mol. The Hall–Kier alpha value is -0.770. The Labute approximate surface area is 188 Å². The average molecular weight is 431 g/mol. The van der Waals surface area contributed by atoms with Crippen LogP contribution in [0.2, 0.25) is 0 Å². The summed E-state index contributed by atoms with van der Waals surface area (Å²) in [4.78, 5) is 18.5. The van der Waals surface area contributed by atoms with Crippen LogP contribution in [0.4, 0.5) is 0 Å². The number of Topliss-reactive ketones (excluding diaryl/α,β-unsaturated/α-hetero) is 1. The predicted molar refractivity (Wildman–Crippen MR) is 129 cm³/mol. The van der Waals surface area contributed by atoms with Gasteiger partial charge in [0.25, 0.3) is 0 Å². The van der Waals surface area contributed by atoms with Crippen LogP contribution >= 0.6 is 11.8 Å². The molecule has 0 unspecified atom stereocenters. The second-order valence-corrected chi connectivity index (χ2v) is 12.3. The van der Waals surface area contributed by atoms with Crippen LogP contribution in [0.3, 0.4) is 0 Å². The molecular formula is C26H42N2OS. The quantitative estimate of drug-likeness (QED) is 0.537. The topological polar surface area (TPSA) is 55.5 Å². The number of hydrogen-bond donors (Lipinski definition) is 1. The molecule has 0 aromatic rings. The minimum atomic E-state index is 0.199. The summed E-state index contributed by atoms with van der Waals surface area (Å²) >= 11 is 1.57. The Bertz CT molecular complexity index is 718. The van der Waals surface area contributed by atoms with E-state index in [1.165, 1.54) is 51.4 Å². The number of nitrogens with zero attached hydrogens (tertiary/aromatic N) is 1. The lowest BCUT2D eigenvalue weighted by Gasteiger charge is -2.61. The van der Waals surface area contributed by atoms with Crippen LogP contribution in [0, 0.1) is 46.3 Å². The maximum absolute atomic E-state index is 13.2. The maximum atomic E-state index is 13.2. The molecule has 0 radical (unpaired) electrons. The van der Waals surface area contributed by atoms with Crippen molar-refractivity contribution in [1.29, 1.82) is 0 Å². The van der Waals surface area contributed by atoms with E-state index in [4.69, 9.17) is 5.73 Å². The summed E-state index contributed by atoms with van der Waals surface area (Å²) in [5.41, 5.74) is 6.36. The third-order valence-electron chi connectivity index (χ3n) is 10.2. The summed E-state index contributed by atoms with van der Waals surface area (Å²) in [5.74, 6) is 4.92. The van der Waals surface area contributed by atoms with Gasteiger partial charge < -0.3 is 5.73 Å². The van der Waals surface area contributed by atoms with Crippen LogP contribution in [0.1, 0.15) is 78.6 Å². The Kier molecular flexibility index (Phi) is 6.46. The minimum absolute atomic E-state index is 0.199. The highest BCUT2D eigenvalue weighted by molar-refractivity contribution is 8.03. The Morgan fingerprint density at radius 2 is 1.80 bits per heavy atom. The summed E-state index contributed by atoms with van der Waals surface area (Å²) in [6, 6.07) is 0. The minimum Gasteiger partial charge on any atom is -0.404 e. The van der Waals surface area contributed by atoms with Gasteiger partial charge in [-0.25, -0.2) is 0 Å². The van der Waals surface area contributed by atoms with E-state index >= 15 is 0 Å². The highest BCUT2D eigenvalue weighted by atomic mass is 32.2. The molecule has 0 bridgehead atoms. The molecule has 0 saturated heterocycles. The van der Waals surface area contributed by atoms with Crippen LogP contribution in [-0.2, 0) is 4.79 Å². The van der Waals surface area contributed by atoms with Gasteiger partial charge in [0, 0.05) is 23.2 Å². The summed E-state index contributed by atoms with van der Waals surface area (Å²) < 4.78 is 0. The van der Waals surface area contributed by atoms with Crippen molar-refractivity contribution in [3.63, 3.8) is 0 Å². The van der Waals surface area contributed by atoms with Gasteiger partial charge in [-0.15, -0.1) is 11.8 Å². The van der Waals surface area contributed by atoms with Gasteiger partial charge >= 0.3 is 0 Å². The van der Waals surface area contributed by atoms with E-state index in [9.17, 15) is 4.79 Å². The summed E-state index contributed by atoms with van der Waals surface area (Å²) in [5, 5.41) is 0. The zero-order valence-corrected chi connectivity index (χ0v) is 20.3. The van der Waals surface area contributed by atoms with Gasteiger partial charge in [0.2, 0.25) is 0 Å². The molecule has 4 fully saturated rings. The molecule has 4 heteroatoms. The first-order valence-corrected chi connectivity index (χ1v) is 13.5. The molecule has 0 aromatic carbocycles. The zero-order chi connectivity index (χ0) is 21.5. The van der Waals surface area contributed by atoms with Crippen molar-refractivity contribution in [2.45, 2.75) is 78.6 Å². The van der Waals surface area contributed by atoms with E-state index in [1.54, 1.807) is 24.2 Å². The fourth-order valence-electron chi connectivity index (χ4n) is 8.50. The molecule has 30 heavy (non-hydrogen) atoms. The standard InChI is InChI=1S/C26H42N2OS/c1-17-9-11-25(2)18(13-17)5-6-20-21-7-8-23(26(21,3)12-10-22(20)25)24(29)16-28-15-19(14-27)30-4/h14-15,17-18,20-23H,5-13,16,27H2,1-4H3/t17-,18-,20-,21-,22-,23+,25-,26-/m0/s1. The molecule has 0 aromatic heterocycles. The van der Waals surface area contributed by atoms with Gasteiger partial charge in [-0.2, -0.15) is 0 Å². The van der Waals surface area contributed by atoms with Gasteiger partial charge in [-0.05, 0) is 98.0 Å². The number of hydrogen-bond acceptors (Lipinski definition) is 4. The lowest BCUT2D eigenvalue weighted by atomic mass is 9.44. The second kappa shape index (κ2) is 8.64. The highest BCUT2D eigenvalue weighted by Crippen LogP contribution is 2.67. The first-order valence-electron chi connectivity index (χ1n) is 12.3. The van der Waals surface area contributed by atoms with Crippen LogP contribution in [0.25, 0.3) is 0 Å². The van der Waals surface area contributed by atoms with E-state index in [1.807, 2.05) is 6.26 Å². The highest BCUT2D eigenvalue weighted by Gasteiger charge is 2.60. The van der Waals surface area contributed by atoms with Crippen molar-refractivity contribution in [3.05, 3.63) is 11.1 Å². The Morgan fingerprint density at radius 3 is 2.53 bits per heavy atom. The van der Waals surface area contributed by atoms with Crippen molar-refractivity contribution in [3.8, 4) is 0 Å². The van der Waals surface area contributed by atoms with E-state index in [-0.39, 0.29) is 11.3 Å². The number of rotatable bonds is 5. The lowest BCUT2D eigenvalue weighted by molar-refractivity contribution is -0.135. The molecule has 168 valence electrons. The fourth-order valence-corrected chi connectivity index (χ4v) is 8.82. The summed E-state index contributed by atoms with van der Waals surface area (Å²) in [6.45, 7) is 7.88. The molecule has 0 amide bonds. The molecule has 0 spiro atoms. The fraction of sp³-hybridized carbons (Fsp3) is 0.846. The van der Waals surface area contributed by atoms with Crippen molar-refractivity contribution in [1.82, 2.24) is 0 Å². The van der Waals surface area contributed by atoms with Crippen LogP contribution in [-0.4, -0.2) is 24.8 Å². The SMILES string of the molecule is CSC(C=NCC(=O)[C@H]1CC[C@H]2[C@@H]3CC[C@H]4C[C@@H](C)CC[C@]4(C)[C@H]3CC[C@]12C)=CN. The zero-order valence-electron chi connectivity index (χ0n) is 19.5. The smallest absolute Gasteiger partial charge is 0.157 e. The van der Waals surface area contributed by atoms with Crippen LogP contribution in [0.15, 0.2) is 16.1 Å². The molecule has 0 aliphatic heterocycles. The molecule has 4 aliphatic carbocycles. The number of nitrogens with two attached hydrogens (primary N) is 1. The van der Waals surface area contributed by atoms with Gasteiger partial charge in [-0.1, -0.05) is 27.2 Å². The van der Waals surface area contributed by atoms with Gasteiger partial charge in [0.15, 0.2) is 5.78 Å². The molecule has 4 rings (SSSR count). The van der Waals surface area contributed by atoms with Crippen molar-refractivity contribution >= 4 is 23.8 Å². The number of ketones is 1. The average Bonchev–Trinajstić information content (AvgIpc) is 3.09. The third-order valence-corrected chi connectivity index (χ3v) is 10.9. The number of allylic oxidation sites excluding steroid dienone is 1. The second-order valence-electron chi connectivity index (χ2n) is 11.4. The van der Waals surface area contributed by atoms with E-state index in [0.717, 1.165) is 40.9 Å². The van der Waals surface area contributed by atoms with Crippen molar-refractivity contribution < 1.29 is 4.79 Å². The number of carbonyl (C=O) groups is 1. The Morgan fingerprint density at radius 1 is 1.07 bits per heavy atom. The molecule has 4 saturated carbocycles. The lowest BCUT2D eigenvalue weighted by Crippen LogP contribution is -2.53. The van der Waals surface area contributed by atoms with Crippen LogP contribution < -0.4 is 5.73 Å². The van der Waals surface area contributed by atoms with Gasteiger partial charge in [0.05, 0.1) is 6.54 Å². The maximum Gasteiger partial charge on any atom is 0.157 e. The number of fused-ring (bicyclic) bond motifs is 5. The molecule has 3 nitrogen and oxygen atoms in total. The van der Waals surface area contributed by atoms with E-state index in [2.05, 4.69) is 25.8 Å². The predicted octanol–water partition coefficient (Wildman–Crippen LogP) is 6.08. The molecule has 2 N–H and O–H groups in total. The molecular weight excluding hydrogens is 388 g/mol.